The normalized spacial score (nSPS) is 28.4. The minimum Gasteiger partial charge on any atom is -0.472 e. The lowest BCUT2D eigenvalue weighted by molar-refractivity contribution is -0.0522. The molecule has 1 aromatic rings. The second-order valence-electron chi connectivity index (χ2n) is 7.23. The third kappa shape index (κ3) is 2.44. The van der Waals surface area contributed by atoms with Crippen molar-refractivity contribution in [3.05, 3.63) is 49.1 Å². The van der Waals surface area contributed by atoms with Crippen LogP contribution in [0.5, 0.6) is 5.88 Å². The summed E-state index contributed by atoms with van der Waals surface area (Å²) in [6, 6.07) is 10.8. The second-order valence-corrected chi connectivity index (χ2v) is 7.23. The molecule has 6 rings (SSSR count). The number of aromatic nitrogens is 1. The van der Waals surface area contributed by atoms with E-state index in [1.807, 2.05) is 18.3 Å². The third-order valence-corrected chi connectivity index (χ3v) is 5.94. The van der Waals surface area contributed by atoms with E-state index in [9.17, 15) is 0 Å². The average molecular weight is 334 g/mol. The van der Waals surface area contributed by atoms with Gasteiger partial charge in [0.2, 0.25) is 5.88 Å². The molecule has 3 fully saturated rings. The molecule has 0 aromatic carbocycles. The number of ether oxygens (including phenoxy) is 1. The van der Waals surface area contributed by atoms with Gasteiger partial charge in [-0.3, -0.25) is 4.90 Å². The lowest BCUT2D eigenvalue weighted by Crippen LogP contribution is -2.58. The molecule has 2 unspecified atom stereocenters. The molecule has 0 saturated carbocycles. The van der Waals surface area contributed by atoms with E-state index in [2.05, 4.69) is 35.0 Å². The van der Waals surface area contributed by atoms with Gasteiger partial charge in [-0.05, 0) is 68.1 Å². The summed E-state index contributed by atoms with van der Waals surface area (Å²) >= 11 is 0. The standard InChI is InChI=1S/C21H22N2O2/c1-14-20(15-6-10-23(14)11-7-15)25-21-19(3-2-9-22-21)18-5-4-16-13-24-12-8-17(16)18/h2-5,8-9,12-15,20H,6-7,10-11H2,1H3. The van der Waals surface area contributed by atoms with Gasteiger partial charge in [-0.25, -0.2) is 4.98 Å². The monoisotopic (exact) mass is 334 g/mol. The van der Waals surface area contributed by atoms with Gasteiger partial charge in [0.1, 0.15) is 6.10 Å². The molecule has 0 spiro atoms. The number of piperidine rings is 3. The van der Waals surface area contributed by atoms with Crippen LogP contribution in [0.15, 0.2) is 53.5 Å². The Balaban J connectivity index is 1.51. The SMILES string of the molecule is CC1C(Oc2ncccc2-c2ccc3coccc2-3)C2CCN1CC2. The van der Waals surface area contributed by atoms with E-state index in [0.717, 1.165) is 22.6 Å². The number of rotatable bonds is 3. The zero-order valence-electron chi connectivity index (χ0n) is 14.4. The number of hydrogen-bond acceptors (Lipinski definition) is 4. The van der Waals surface area contributed by atoms with E-state index >= 15 is 0 Å². The molecule has 5 aliphatic rings. The van der Waals surface area contributed by atoms with Gasteiger partial charge >= 0.3 is 0 Å². The fourth-order valence-electron chi connectivity index (χ4n) is 4.52. The summed E-state index contributed by atoms with van der Waals surface area (Å²) in [4.78, 5) is 7.14. The van der Waals surface area contributed by atoms with Crippen molar-refractivity contribution in [1.82, 2.24) is 9.88 Å². The van der Waals surface area contributed by atoms with Crippen LogP contribution in [0.1, 0.15) is 19.8 Å². The zero-order valence-corrected chi connectivity index (χ0v) is 14.4. The fraction of sp³-hybridized carbons (Fsp3) is 0.381. The summed E-state index contributed by atoms with van der Waals surface area (Å²) in [6.07, 6.45) is 8.03. The van der Waals surface area contributed by atoms with Crippen molar-refractivity contribution >= 4 is 0 Å². The summed E-state index contributed by atoms with van der Waals surface area (Å²) in [5.41, 5.74) is 4.49. The first-order valence-corrected chi connectivity index (χ1v) is 9.12. The molecule has 0 amide bonds. The summed E-state index contributed by atoms with van der Waals surface area (Å²) in [6.45, 7) is 4.70. The van der Waals surface area contributed by atoms with E-state index in [0.29, 0.717) is 12.0 Å². The van der Waals surface area contributed by atoms with Gasteiger partial charge < -0.3 is 9.15 Å². The predicted molar refractivity (Wildman–Crippen MR) is 96.7 cm³/mol. The average Bonchev–Trinajstić information content (AvgIpc) is 3.09. The molecule has 2 bridgehead atoms. The lowest BCUT2D eigenvalue weighted by Gasteiger charge is -2.49. The zero-order chi connectivity index (χ0) is 16.8. The third-order valence-electron chi connectivity index (χ3n) is 5.94. The molecular formula is C21H22N2O2. The highest BCUT2D eigenvalue weighted by atomic mass is 16.5. The van der Waals surface area contributed by atoms with Crippen LogP contribution in [0.25, 0.3) is 22.3 Å². The molecule has 128 valence electrons. The van der Waals surface area contributed by atoms with Crippen LogP contribution < -0.4 is 4.74 Å². The molecule has 25 heavy (non-hydrogen) atoms. The van der Waals surface area contributed by atoms with Crippen molar-refractivity contribution in [2.45, 2.75) is 31.9 Å². The summed E-state index contributed by atoms with van der Waals surface area (Å²) in [5, 5.41) is 0. The Hall–Kier alpha value is -2.33. The number of hydrogen-bond donors (Lipinski definition) is 0. The second kappa shape index (κ2) is 5.88. The first-order valence-electron chi connectivity index (χ1n) is 9.12. The summed E-state index contributed by atoms with van der Waals surface area (Å²) < 4.78 is 11.8. The van der Waals surface area contributed by atoms with Gasteiger partial charge in [-0.15, -0.1) is 0 Å². The van der Waals surface area contributed by atoms with Gasteiger partial charge in [-0.2, -0.15) is 0 Å². The van der Waals surface area contributed by atoms with Crippen LogP contribution in [0.2, 0.25) is 0 Å². The van der Waals surface area contributed by atoms with Crippen LogP contribution >= 0.6 is 0 Å². The molecule has 0 N–H and O–H groups in total. The highest BCUT2D eigenvalue weighted by Crippen LogP contribution is 2.41. The Morgan fingerprint density at radius 2 is 1.96 bits per heavy atom. The van der Waals surface area contributed by atoms with Crippen LogP contribution in [0, 0.1) is 5.92 Å². The first kappa shape index (κ1) is 15.0. The molecule has 4 nitrogen and oxygen atoms in total. The summed E-state index contributed by atoms with van der Waals surface area (Å²) in [5.74, 6) is 1.39. The molecule has 0 radical (unpaired) electrons. The Morgan fingerprint density at radius 1 is 1.08 bits per heavy atom. The van der Waals surface area contributed by atoms with Gasteiger partial charge in [0.15, 0.2) is 0 Å². The molecular weight excluding hydrogens is 312 g/mol. The minimum atomic E-state index is 0.229. The van der Waals surface area contributed by atoms with Crippen molar-refractivity contribution in [3.8, 4) is 28.1 Å². The van der Waals surface area contributed by atoms with Crippen molar-refractivity contribution in [2.24, 2.45) is 5.92 Å². The van der Waals surface area contributed by atoms with Crippen molar-refractivity contribution in [2.75, 3.05) is 13.1 Å². The Bertz CT molecular complexity index is 849. The largest absolute Gasteiger partial charge is 0.472 e. The fourth-order valence-corrected chi connectivity index (χ4v) is 4.52. The Kier molecular flexibility index (Phi) is 3.52. The highest BCUT2D eigenvalue weighted by molar-refractivity contribution is 5.87. The number of pyridine rings is 1. The maximum Gasteiger partial charge on any atom is 0.221 e. The van der Waals surface area contributed by atoms with Crippen LogP contribution in [-0.4, -0.2) is 35.1 Å². The van der Waals surface area contributed by atoms with Gasteiger partial charge in [0.25, 0.3) is 0 Å². The van der Waals surface area contributed by atoms with E-state index < -0.39 is 0 Å². The Labute approximate surface area is 147 Å². The molecule has 3 saturated heterocycles. The molecule has 5 heterocycles. The Morgan fingerprint density at radius 3 is 2.80 bits per heavy atom. The molecule has 2 atom stereocenters. The lowest BCUT2D eigenvalue weighted by atomic mass is 9.81. The van der Waals surface area contributed by atoms with Gasteiger partial charge in [0, 0.05) is 23.4 Å². The molecule has 4 aliphatic heterocycles. The molecule has 1 aromatic heterocycles. The maximum atomic E-state index is 6.53. The van der Waals surface area contributed by atoms with E-state index in [1.165, 1.54) is 31.5 Å². The van der Waals surface area contributed by atoms with E-state index in [1.54, 1.807) is 12.5 Å². The van der Waals surface area contributed by atoms with Crippen LogP contribution in [0.3, 0.4) is 0 Å². The summed E-state index contributed by atoms with van der Waals surface area (Å²) in [7, 11) is 0. The predicted octanol–water partition coefficient (Wildman–Crippen LogP) is 4.31. The van der Waals surface area contributed by atoms with Gasteiger partial charge in [-0.1, -0.05) is 12.1 Å². The highest BCUT2D eigenvalue weighted by Gasteiger charge is 2.41. The smallest absolute Gasteiger partial charge is 0.221 e. The first-order chi connectivity index (χ1) is 12.3. The number of nitrogens with zero attached hydrogens (tertiary/aromatic N) is 2. The molecule has 1 aliphatic carbocycles. The maximum absolute atomic E-state index is 6.53. The van der Waals surface area contributed by atoms with E-state index in [4.69, 9.17) is 9.15 Å². The van der Waals surface area contributed by atoms with Gasteiger partial charge in [0.05, 0.1) is 12.5 Å². The van der Waals surface area contributed by atoms with E-state index in [-0.39, 0.29) is 6.10 Å². The quantitative estimate of drug-likeness (QED) is 0.715. The molecule has 4 heteroatoms. The minimum absolute atomic E-state index is 0.229. The van der Waals surface area contributed by atoms with Crippen LogP contribution in [0.4, 0.5) is 0 Å². The van der Waals surface area contributed by atoms with Crippen LogP contribution in [-0.2, 0) is 0 Å². The van der Waals surface area contributed by atoms with Crippen molar-refractivity contribution in [1.29, 1.82) is 0 Å². The topological polar surface area (TPSA) is 38.5 Å². The van der Waals surface area contributed by atoms with Crippen molar-refractivity contribution in [3.63, 3.8) is 0 Å². The van der Waals surface area contributed by atoms with Crippen molar-refractivity contribution < 1.29 is 9.15 Å². The number of fused-ring (bicyclic) bond motifs is 4.